The zero-order valence-electron chi connectivity index (χ0n) is 28.0. The summed E-state index contributed by atoms with van der Waals surface area (Å²) in [6.45, 7) is -3.39. The van der Waals surface area contributed by atoms with Crippen LogP contribution in [-0.2, 0) is 37.9 Å². The molecule has 53 heavy (non-hydrogen) atoms. The molecule has 0 aromatic carbocycles. The van der Waals surface area contributed by atoms with E-state index in [0.717, 1.165) is 0 Å². The summed E-state index contributed by atoms with van der Waals surface area (Å²) in [6.07, 6.45) is -39.4. The van der Waals surface area contributed by atoms with Crippen LogP contribution in [0.3, 0.4) is 0 Å². The topological polar surface area (TPSA) is 389 Å². The number of ether oxygens (including phenoxy) is 8. The van der Waals surface area contributed by atoms with Gasteiger partial charge in [0.2, 0.25) is 0 Å². The molecule has 0 saturated carbocycles. The molecule has 5 rings (SSSR count). The smallest absolute Gasteiger partial charge is 0.187 e. The van der Waals surface area contributed by atoms with Gasteiger partial charge in [0.15, 0.2) is 25.2 Å². The highest BCUT2D eigenvalue weighted by Gasteiger charge is 2.55. The Bertz CT molecular complexity index is 1110. The van der Waals surface area contributed by atoms with Gasteiger partial charge in [-0.05, 0) is 0 Å². The molecule has 5 aliphatic heterocycles. The Kier molecular flexibility index (Phi) is 15.1. The first-order chi connectivity index (χ1) is 25.2. The lowest BCUT2D eigenvalue weighted by Gasteiger charge is -2.49. The predicted molar refractivity (Wildman–Crippen MR) is 161 cm³/mol. The van der Waals surface area contributed by atoms with Gasteiger partial charge in [0.25, 0.3) is 0 Å². The number of nitrogens with one attached hydrogen (secondary N) is 1. The van der Waals surface area contributed by atoms with Crippen molar-refractivity contribution in [1.29, 1.82) is 0 Å². The zero-order valence-corrected chi connectivity index (χ0v) is 28.0. The third kappa shape index (κ3) is 8.96. The van der Waals surface area contributed by atoms with E-state index < -0.39 is 168 Å². The van der Waals surface area contributed by atoms with E-state index in [-0.39, 0.29) is 13.1 Å². The first-order valence-corrected chi connectivity index (χ1v) is 17.0. The normalized spacial score (nSPS) is 51.7. The summed E-state index contributed by atoms with van der Waals surface area (Å²) >= 11 is 0. The van der Waals surface area contributed by atoms with Gasteiger partial charge in [-0.1, -0.05) is 0 Å². The van der Waals surface area contributed by atoms with Gasteiger partial charge in [-0.3, -0.25) is 0 Å². The second-order valence-corrected chi connectivity index (χ2v) is 13.5. The molecular formula is C29H51NO23. The molecule has 5 saturated heterocycles. The third-order valence-electron chi connectivity index (χ3n) is 9.94. The molecule has 5 fully saturated rings. The summed E-state index contributed by atoms with van der Waals surface area (Å²) in [6, 6.07) is 0. The summed E-state index contributed by atoms with van der Waals surface area (Å²) in [5, 5.41) is 159. The van der Waals surface area contributed by atoms with Gasteiger partial charge >= 0.3 is 0 Å². The van der Waals surface area contributed by atoms with E-state index >= 15 is 0 Å². The summed E-state index contributed by atoms with van der Waals surface area (Å²) in [5.74, 6) is 0. The molecule has 24 heteroatoms. The van der Waals surface area contributed by atoms with Gasteiger partial charge in [0.05, 0.1) is 38.6 Å². The summed E-state index contributed by atoms with van der Waals surface area (Å²) in [5.41, 5.74) is 0. The van der Waals surface area contributed by atoms with Crippen LogP contribution in [0.1, 0.15) is 0 Å². The lowest BCUT2D eigenvalue weighted by atomic mass is 9.95. The molecule has 0 spiro atoms. The molecule has 24 nitrogen and oxygen atoms in total. The fraction of sp³-hybridized carbons (Fsp3) is 1.00. The molecule has 0 aliphatic carbocycles. The fourth-order valence-corrected chi connectivity index (χ4v) is 6.85. The average Bonchev–Trinajstić information content (AvgIpc) is 3.14. The molecule has 0 radical (unpaired) electrons. The van der Waals surface area contributed by atoms with Crippen molar-refractivity contribution in [2.75, 3.05) is 39.5 Å². The molecular weight excluding hydrogens is 730 g/mol. The number of hydrogen-bond donors (Lipinski definition) is 16. The molecule has 0 aromatic rings. The van der Waals surface area contributed by atoms with Crippen LogP contribution in [0.2, 0.25) is 0 Å². The Labute approximate surface area is 300 Å². The van der Waals surface area contributed by atoms with E-state index in [1.165, 1.54) is 0 Å². The van der Waals surface area contributed by atoms with Crippen molar-refractivity contribution in [3.63, 3.8) is 0 Å². The average molecular weight is 782 g/mol. The SMILES string of the molecule is OC[C@H]1O[C@H](O[C@H]2[C@H](O)[C@@H](O)[C@@H](O[C@H]3[C@H](O)[C@@H](O)[C@@H](O[C@H]4[C@H](O)[C@@H](O)[C@@H](OC5[C@H](O)CNC[C@H]5O)O[C@@H]4CO)O[C@@H]3CO)O[C@@H]2CO)[C@H](O)[C@@H](O)[C@@H]1O. The van der Waals surface area contributed by atoms with E-state index in [1.807, 2.05) is 0 Å². The molecule has 22 atom stereocenters. The lowest BCUT2D eigenvalue weighted by Crippen LogP contribution is -2.67. The Morgan fingerprint density at radius 3 is 0.962 bits per heavy atom. The highest BCUT2D eigenvalue weighted by Crippen LogP contribution is 2.34. The van der Waals surface area contributed by atoms with Crippen LogP contribution in [0.15, 0.2) is 0 Å². The van der Waals surface area contributed by atoms with Crippen LogP contribution in [0.4, 0.5) is 0 Å². The van der Waals surface area contributed by atoms with Crippen molar-refractivity contribution < 1.29 is 114 Å². The minimum atomic E-state index is -2.05. The van der Waals surface area contributed by atoms with E-state index in [9.17, 15) is 76.6 Å². The molecule has 16 N–H and O–H groups in total. The number of piperidine rings is 1. The van der Waals surface area contributed by atoms with Crippen molar-refractivity contribution in [3.05, 3.63) is 0 Å². The highest BCUT2D eigenvalue weighted by atomic mass is 16.8. The first kappa shape index (κ1) is 43.2. The van der Waals surface area contributed by atoms with Crippen molar-refractivity contribution >= 4 is 0 Å². The van der Waals surface area contributed by atoms with E-state index in [0.29, 0.717) is 0 Å². The Morgan fingerprint density at radius 1 is 0.358 bits per heavy atom. The van der Waals surface area contributed by atoms with E-state index in [4.69, 9.17) is 37.9 Å². The maximum atomic E-state index is 11.1. The molecule has 0 unspecified atom stereocenters. The van der Waals surface area contributed by atoms with E-state index in [2.05, 4.69) is 5.32 Å². The van der Waals surface area contributed by atoms with Crippen LogP contribution in [0.25, 0.3) is 0 Å². The van der Waals surface area contributed by atoms with Crippen LogP contribution in [0.5, 0.6) is 0 Å². The zero-order chi connectivity index (χ0) is 38.9. The molecule has 310 valence electrons. The number of aliphatic hydroxyl groups excluding tert-OH is 15. The largest absolute Gasteiger partial charge is 0.394 e. The highest BCUT2D eigenvalue weighted by molar-refractivity contribution is 4.98. The minimum absolute atomic E-state index is 0.0487. The number of rotatable bonds is 12. The quantitative estimate of drug-likeness (QED) is 0.0874. The Hall–Kier alpha value is -0.960. The van der Waals surface area contributed by atoms with Crippen LogP contribution >= 0.6 is 0 Å². The summed E-state index contributed by atoms with van der Waals surface area (Å²) < 4.78 is 44.3. The molecule has 0 bridgehead atoms. The third-order valence-corrected chi connectivity index (χ3v) is 9.94. The lowest BCUT2D eigenvalue weighted by molar-refractivity contribution is -0.390. The monoisotopic (exact) mass is 781 g/mol. The summed E-state index contributed by atoms with van der Waals surface area (Å²) in [4.78, 5) is 0. The minimum Gasteiger partial charge on any atom is -0.394 e. The van der Waals surface area contributed by atoms with Crippen molar-refractivity contribution in [3.8, 4) is 0 Å². The number of hydrogen-bond acceptors (Lipinski definition) is 24. The van der Waals surface area contributed by atoms with Crippen LogP contribution in [-0.4, -0.2) is 257 Å². The van der Waals surface area contributed by atoms with Crippen LogP contribution in [0, 0.1) is 0 Å². The Balaban J connectivity index is 1.22. The van der Waals surface area contributed by atoms with Crippen LogP contribution < -0.4 is 5.32 Å². The molecule has 0 amide bonds. The van der Waals surface area contributed by atoms with Crippen molar-refractivity contribution in [2.24, 2.45) is 0 Å². The number of β-amino-alcohol motifs (C(OH)–C–C–N with tert-alkyl or cyclic N) is 2. The van der Waals surface area contributed by atoms with Gasteiger partial charge in [-0.15, -0.1) is 0 Å². The van der Waals surface area contributed by atoms with Crippen molar-refractivity contribution in [2.45, 2.75) is 141 Å². The maximum absolute atomic E-state index is 11.1. The second-order valence-electron chi connectivity index (χ2n) is 13.5. The van der Waals surface area contributed by atoms with E-state index in [1.54, 1.807) is 0 Å². The second kappa shape index (κ2) is 18.5. The molecule has 5 aliphatic rings. The van der Waals surface area contributed by atoms with Gasteiger partial charge < -0.3 is 120 Å². The molecule has 0 aromatic heterocycles. The Morgan fingerprint density at radius 2 is 0.642 bits per heavy atom. The van der Waals surface area contributed by atoms with Gasteiger partial charge in [0, 0.05) is 13.1 Å². The first-order valence-electron chi connectivity index (χ1n) is 17.0. The summed E-state index contributed by atoms with van der Waals surface area (Å²) in [7, 11) is 0. The number of aliphatic hydroxyl groups is 15. The van der Waals surface area contributed by atoms with Gasteiger partial charge in [-0.2, -0.15) is 0 Å². The van der Waals surface area contributed by atoms with Crippen molar-refractivity contribution in [1.82, 2.24) is 5.32 Å². The standard InChI is InChI=1S/C29H51NO23/c31-3-9-13(37)14(38)18(42)26(46-9)51-23-11(5-33)48-28(20(44)16(23)40)53-25-12(6-34)49-29(21(45)17(25)41)52-24-10(4-32)47-27(19(43)15(24)39)50-22-7(35)1-30-2-8(22)36/h7-45H,1-6H2/t7-,8-,9-,10-,11-,12-,13-,14+,15-,16-,17-,18-,19-,20-,21-,23-,24-,25-,26-,27-,28-,29-/m1/s1. The van der Waals surface area contributed by atoms with Gasteiger partial charge in [0.1, 0.15) is 104 Å². The fourth-order valence-electron chi connectivity index (χ4n) is 6.85. The predicted octanol–water partition coefficient (Wildman–Crippen LogP) is -11.0. The maximum Gasteiger partial charge on any atom is 0.187 e. The molecule has 5 heterocycles. The van der Waals surface area contributed by atoms with Gasteiger partial charge in [-0.25, -0.2) is 0 Å².